The lowest BCUT2D eigenvalue weighted by molar-refractivity contribution is -0.385. The third-order valence-electron chi connectivity index (χ3n) is 4.51. The zero-order valence-corrected chi connectivity index (χ0v) is 18.2. The Hall–Kier alpha value is -3.86. The van der Waals surface area contributed by atoms with Crippen molar-refractivity contribution < 1.29 is 29.1 Å². The maximum atomic E-state index is 12.9. The number of aromatic carboxylic acids is 1. The third-order valence-corrected chi connectivity index (χ3v) is 5.52. The minimum absolute atomic E-state index is 0.0772. The molecule has 32 heavy (non-hydrogen) atoms. The number of carboxylic acids is 1. The minimum Gasteiger partial charge on any atom is -0.493 e. The van der Waals surface area contributed by atoms with E-state index in [0.717, 1.165) is 11.8 Å². The van der Waals surface area contributed by atoms with Gasteiger partial charge < -0.3 is 14.6 Å². The second-order valence-electron chi connectivity index (χ2n) is 6.44. The predicted octanol–water partition coefficient (Wildman–Crippen LogP) is 3.93. The lowest BCUT2D eigenvalue weighted by Gasteiger charge is -2.12. The fraction of sp³-hybridized carbons (Fsp3) is 0.190. The summed E-state index contributed by atoms with van der Waals surface area (Å²) >= 11 is 1.08. The van der Waals surface area contributed by atoms with Gasteiger partial charge in [-0.1, -0.05) is 6.07 Å². The summed E-state index contributed by atoms with van der Waals surface area (Å²) in [5, 5.41) is 20.8. The fourth-order valence-corrected chi connectivity index (χ4v) is 4.08. The number of benzene rings is 2. The fourth-order valence-electron chi connectivity index (χ4n) is 3.02. The average molecular weight is 457 g/mol. The summed E-state index contributed by atoms with van der Waals surface area (Å²) in [6, 6.07) is 8.59. The highest BCUT2D eigenvalue weighted by molar-refractivity contribution is 8.18. The number of carboxylic acid groups (broad SMARTS) is 1. The first-order valence-electron chi connectivity index (χ1n) is 9.32. The quantitative estimate of drug-likeness (QED) is 0.376. The molecule has 0 spiro atoms. The molecule has 0 bridgehead atoms. The van der Waals surface area contributed by atoms with Crippen molar-refractivity contribution in [3.8, 4) is 11.5 Å². The maximum Gasteiger partial charge on any atom is 0.335 e. The first-order valence-corrected chi connectivity index (χ1v) is 10.1. The number of rotatable bonds is 7. The van der Waals surface area contributed by atoms with Crippen LogP contribution in [0.1, 0.15) is 22.8 Å². The van der Waals surface area contributed by atoms with Crippen LogP contribution < -0.4 is 9.47 Å². The van der Waals surface area contributed by atoms with Crippen molar-refractivity contribution in [1.29, 1.82) is 0 Å². The minimum atomic E-state index is -1.08. The van der Waals surface area contributed by atoms with E-state index in [-0.39, 0.29) is 33.6 Å². The Balaban J connectivity index is 2.06. The van der Waals surface area contributed by atoms with Gasteiger partial charge in [-0.05, 0) is 43.0 Å². The van der Waals surface area contributed by atoms with Crippen LogP contribution in [-0.4, -0.2) is 52.7 Å². The Morgan fingerprint density at radius 3 is 2.62 bits per heavy atom. The third kappa shape index (κ3) is 4.57. The number of carbonyl (C=O) groups is 2. The molecule has 1 N–H and O–H groups in total. The monoisotopic (exact) mass is 457 g/mol. The highest BCUT2D eigenvalue weighted by Crippen LogP contribution is 2.40. The number of nitro groups is 1. The molecule has 11 heteroatoms. The Kier molecular flexibility index (Phi) is 6.79. The molecule has 0 aromatic heterocycles. The first kappa shape index (κ1) is 22.8. The van der Waals surface area contributed by atoms with E-state index in [0.29, 0.717) is 23.0 Å². The maximum absolute atomic E-state index is 12.9. The molecule has 1 aliphatic rings. The standard InChI is InChI=1S/C21H19N3O7S/c1-4-23-19(25)17(32-21(23)22-14-7-5-6-12(8-14)20(26)27)10-13-9-15(24(28)29)11-16(30-2)18(13)31-3/h5-11H,4H2,1-3H3,(H,26,27)/b17-10+,22-21?. The number of methoxy groups -OCH3 is 2. The topological polar surface area (TPSA) is 132 Å². The summed E-state index contributed by atoms with van der Waals surface area (Å²) in [6.45, 7) is 2.11. The zero-order chi connectivity index (χ0) is 23.4. The van der Waals surface area contributed by atoms with Gasteiger partial charge in [-0.2, -0.15) is 0 Å². The second kappa shape index (κ2) is 9.52. The van der Waals surface area contributed by atoms with Crippen LogP contribution in [0.2, 0.25) is 0 Å². The second-order valence-corrected chi connectivity index (χ2v) is 7.45. The molecule has 0 saturated carbocycles. The van der Waals surface area contributed by atoms with Gasteiger partial charge in [-0.15, -0.1) is 0 Å². The van der Waals surface area contributed by atoms with Crippen LogP contribution >= 0.6 is 11.8 Å². The van der Waals surface area contributed by atoms with E-state index in [1.807, 2.05) is 0 Å². The van der Waals surface area contributed by atoms with Crippen molar-refractivity contribution in [3.05, 3.63) is 62.5 Å². The van der Waals surface area contributed by atoms with E-state index in [4.69, 9.17) is 9.47 Å². The molecular weight excluding hydrogens is 438 g/mol. The van der Waals surface area contributed by atoms with Crippen molar-refractivity contribution in [2.75, 3.05) is 20.8 Å². The van der Waals surface area contributed by atoms with E-state index >= 15 is 0 Å². The number of nitro benzene ring substituents is 1. The molecule has 0 unspecified atom stereocenters. The molecule has 1 amide bonds. The predicted molar refractivity (Wildman–Crippen MR) is 120 cm³/mol. The normalized spacial score (nSPS) is 16.0. The molecule has 10 nitrogen and oxygen atoms in total. The summed E-state index contributed by atoms with van der Waals surface area (Å²) in [4.78, 5) is 41.0. The van der Waals surface area contributed by atoms with Crippen molar-refractivity contribution in [3.63, 3.8) is 0 Å². The number of hydrogen-bond acceptors (Lipinski definition) is 8. The Labute approximate surface area is 187 Å². The van der Waals surface area contributed by atoms with Crippen molar-refractivity contribution in [1.82, 2.24) is 4.90 Å². The van der Waals surface area contributed by atoms with E-state index in [2.05, 4.69) is 4.99 Å². The van der Waals surface area contributed by atoms with Crippen molar-refractivity contribution in [2.45, 2.75) is 6.92 Å². The molecule has 3 rings (SSSR count). The summed E-state index contributed by atoms with van der Waals surface area (Å²) in [6.07, 6.45) is 1.49. The molecule has 1 heterocycles. The molecular formula is C21H19N3O7S. The number of hydrogen-bond donors (Lipinski definition) is 1. The highest BCUT2D eigenvalue weighted by atomic mass is 32.2. The Morgan fingerprint density at radius 2 is 2.03 bits per heavy atom. The number of likely N-dealkylation sites (N-methyl/N-ethyl adjacent to an activating group) is 1. The van der Waals surface area contributed by atoms with E-state index in [9.17, 15) is 24.8 Å². The number of amides is 1. The van der Waals surface area contributed by atoms with Crippen LogP contribution in [0.5, 0.6) is 11.5 Å². The molecule has 1 saturated heterocycles. The number of thioether (sulfide) groups is 1. The molecule has 1 fully saturated rings. The number of aliphatic imine (C=N–C) groups is 1. The van der Waals surface area contributed by atoms with Gasteiger partial charge in [-0.25, -0.2) is 9.79 Å². The number of amidine groups is 1. The van der Waals surface area contributed by atoms with Gasteiger partial charge in [0.05, 0.1) is 41.4 Å². The summed E-state index contributed by atoms with van der Waals surface area (Å²) < 4.78 is 10.5. The molecule has 0 radical (unpaired) electrons. The molecule has 0 atom stereocenters. The molecule has 166 valence electrons. The van der Waals surface area contributed by atoms with E-state index < -0.39 is 10.9 Å². The van der Waals surface area contributed by atoms with Crippen LogP contribution in [0.25, 0.3) is 6.08 Å². The van der Waals surface area contributed by atoms with Gasteiger partial charge in [0.2, 0.25) is 0 Å². The zero-order valence-electron chi connectivity index (χ0n) is 17.4. The molecule has 2 aromatic carbocycles. The SMILES string of the molecule is CCN1C(=O)/C(=C\c2cc([N+](=O)[O-])cc(OC)c2OC)SC1=Nc1cccc(C(=O)O)c1. The van der Waals surface area contributed by atoms with E-state index in [1.165, 1.54) is 49.5 Å². The van der Waals surface area contributed by atoms with Crippen LogP contribution in [0, 0.1) is 10.1 Å². The summed E-state index contributed by atoms with van der Waals surface area (Å²) in [7, 11) is 2.76. The van der Waals surface area contributed by atoms with Gasteiger partial charge in [0.25, 0.3) is 11.6 Å². The van der Waals surface area contributed by atoms with Gasteiger partial charge in [0, 0.05) is 18.2 Å². The first-order chi connectivity index (χ1) is 15.3. The summed E-state index contributed by atoms with van der Waals surface area (Å²) in [5.41, 5.74) is 0.555. The lowest BCUT2D eigenvalue weighted by Crippen LogP contribution is -2.28. The average Bonchev–Trinajstić information content (AvgIpc) is 3.06. The summed E-state index contributed by atoms with van der Waals surface area (Å²) in [5.74, 6) is -1.00. The number of non-ortho nitro benzene ring substituents is 1. The smallest absolute Gasteiger partial charge is 0.335 e. The van der Waals surface area contributed by atoms with Crippen molar-refractivity contribution >= 4 is 46.3 Å². The molecule has 1 aliphatic heterocycles. The van der Waals surface area contributed by atoms with Crippen LogP contribution in [-0.2, 0) is 4.79 Å². The number of carbonyl (C=O) groups excluding carboxylic acids is 1. The van der Waals surface area contributed by atoms with Gasteiger partial charge in [-0.3, -0.25) is 19.8 Å². The number of nitrogens with zero attached hydrogens (tertiary/aromatic N) is 3. The van der Waals surface area contributed by atoms with Gasteiger partial charge in [0.15, 0.2) is 16.7 Å². The Bertz CT molecular complexity index is 1160. The van der Waals surface area contributed by atoms with Gasteiger partial charge in [0.1, 0.15) is 0 Å². The molecule has 2 aromatic rings. The highest BCUT2D eigenvalue weighted by Gasteiger charge is 2.33. The van der Waals surface area contributed by atoms with E-state index in [1.54, 1.807) is 19.1 Å². The Morgan fingerprint density at radius 1 is 1.28 bits per heavy atom. The molecule has 0 aliphatic carbocycles. The van der Waals surface area contributed by atoms with Crippen molar-refractivity contribution in [2.24, 2.45) is 4.99 Å². The van der Waals surface area contributed by atoms with Crippen LogP contribution in [0.15, 0.2) is 46.3 Å². The lowest BCUT2D eigenvalue weighted by atomic mass is 10.1. The largest absolute Gasteiger partial charge is 0.493 e. The van der Waals surface area contributed by atoms with Crippen LogP contribution in [0.4, 0.5) is 11.4 Å². The van der Waals surface area contributed by atoms with Gasteiger partial charge >= 0.3 is 5.97 Å². The van der Waals surface area contributed by atoms with Crippen LogP contribution in [0.3, 0.4) is 0 Å². The number of ether oxygens (including phenoxy) is 2.